The number of nitrogens with one attached hydrogen (secondary N) is 3. The van der Waals surface area contributed by atoms with Crippen molar-refractivity contribution in [1.29, 1.82) is 0 Å². The molecule has 16 heteroatoms. The lowest BCUT2D eigenvalue weighted by atomic mass is 9.98. The fourth-order valence-electron chi connectivity index (χ4n) is 8.80. The van der Waals surface area contributed by atoms with Crippen molar-refractivity contribution in [3.05, 3.63) is 44.6 Å². The smallest absolute Gasteiger partial charge is 0.386 e. The van der Waals surface area contributed by atoms with E-state index in [1.54, 1.807) is 21.1 Å². The van der Waals surface area contributed by atoms with Gasteiger partial charge in [-0.25, -0.2) is 9.59 Å². The van der Waals surface area contributed by atoms with Gasteiger partial charge in [0.25, 0.3) is 0 Å². The van der Waals surface area contributed by atoms with Gasteiger partial charge in [-0.15, -0.1) is 11.3 Å². The average molecular weight is 751 g/mol. The van der Waals surface area contributed by atoms with Gasteiger partial charge in [-0.05, 0) is 74.2 Å². The molecule has 1 aromatic carbocycles. The number of urea groups is 2. The first-order valence-corrected chi connectivity index (χ1v) is 19.2. The van der Waals surface area contributed by atoms with Crippen molar-refractivity contribution >= 4 is 52.3 Å². The molecule has 5 amide bonds. The largest absolute Gasteiger partial charge is 0.418 e. The summed E-state index contributed by atoms with van der Waals surface area (Å²) < 4.78 is 42.2. The molecule has 5 aliphatic heterocycles. The number of likely N-dealkylation sites (N-methyl/N-ethyl adjacent to an activating group) is 1. The topological polar surface area (TPSA) is 103 Å². The van der Waals surface area contributed by atoms with E-state index in [2.05, 4.69) is 38.2 Å². The predicted molar refractivity (Wildman–Crippen MR) is 191 cm³/mol. The Morgan fingerprint density at radius 2 is 1.69 bits per heavy atom. The second-order valence-corrected chi connectivity index (χ2v) is 15.7. The molecular weight excluding hydrogens is 705 g/mol. The summed E-state index contributed by atoms with van der Waals surface area (Å²) in [6.45, 7) is 4.47. The van der Waals surface area contributed by atoms with Gasteiger partial charge >= 0.3 is 18.2 Å². The van der Waals surface area contributed by atoms with Crippen LogP contribution in [0.5, 0.6) is 0 Å². The van der Waals surface area contributed by atoms with E-state index < -0.39 is 23.8 Å². The van der Waals surface area contributed by atoms with Gasteiger partial charge in [0, 0.05) is 88.8 Å². The maximum absolute atomic E-state index is 14.2. The molecule has 7 rings (SSSR count). The van der Waals surface area contributed by atoms with E-state index in [4.69, 9.17) is 11.6 Å². The molecule has 5 aliphatic rings. The lowest BCUT2D eigenvalue weighted by Gasteiger charge is -2.42. The van der Waals surface area contributed by atoms with E-state index in [0.717, 1.165) is 49.7 Å². The summed E-state index contributed by atoms with van der Waals surface area (Å²) >= 11 is 7.88. The SMILES string of the molecule is CNc1c(Cl)cc(C[C@@H](NC(=O)N2CCC(N3CCc4cscc4NC3=O)CC2)C(=O)N2CCC(N3CC4CC3CN4C)CC2)cc1C(F)(F)F. The summed E-state index contributed by atoms with van der Waals surface area (Å²) in [5.41, 5.74) is 1.01. The molecule has 4 saturated heterocycles. The molecule has 3 N–H and O–H groups in total. The normalized spacial score (nSPS) is 24.4. The van der Waals surface area contributed by atoms with Crippen LogP contribution in [0.3, 0.4) is 0 Å². The number of likely N-dealkylation sites (tertiary alicyclic amines) is 4. The van der Waals surface area contributed by atoms with Crippen molar-refractivity contribution in [2.24, 2.45) is 0 Å². The number of hydrogen-bond acceptors (Lipinski definition) is 7. The van der Waals surface area contributed by atoms with Gasteiger partial charge in [0.05, 0.1) is 22.0 Å². The maximum atomic E-state index is 14.2. The highest BCUT2D eigenvalue weighted by molar-refractivity contribution is 7.08. The lowest BCUT2D eigenvalue weighted by Crippen LogP contribution is -2.58. The van der Waals surface area contributed by atoms with Crippen LogP contribution in [0.4, 0.5) is 34.1 Å². The van der Waals surface area contributed by atoms with E-state index in [9.17, 15) is 27.6 Å². The molecule has 2 bridgehead atoms. The molecule has 278 valence electrons. The number of nitrogens with zero attached hydrogens (tertiary/aromatic N) is 5. The third-order valence-corrected chi connectivity index (χ3v) is 12.7. The van der Waals surface area contributed by atoms with E-state index in [0.29, 0.717) is 63.7 Å². The van der Waals surface area contributed by atoms with Gasteiger partial charge in [-0.2, -0.15) is 13.2 Å². The van der Waals surface area contributed by atoms with E-state index in [-0.39, 0.29) is 40.7 Å². The van der Waals surface area contributed by atoms with Crippen LogP contribution in [0.15, 0.2) is 22.9 Å². The molecule has 3 atom stereocenters. The van der Waals surface area contributed by atoms with Crippen LogP contribution in [0.1, 0.15) is 48.8 Å². The molecule has 0 spiro atoms. The summed E-state index contributed by atoms with van der Waals surface area (Å²) in [6.07, 6.45) is -0.118. The number of alkyl halides is 3. The number of piperazine rings is 1. The van der Waals surface area contributed by atoms with Crippen LogP contribution < -0.4 is 16.0 Å². The molecule has 6 heterocycles. The number of hydrogen-bond donors (Lipinski definition) is 3. The van der Waals surface area contributed by atoms with Crippen LogP contribution in [-0.2, 0) is 23.8 Å². The fraction of sp³-hybridized carbons (Fsp3) is 0.629. The minimum absolute atomic E-state index is 0.0414. The zero-order chi connectivity index (χ0) is 36.0. The Bertz CT molecular complexity index is 1630. The van der Waals surface area contributed by atoms with Crippen molar-refractivity contribution < 1.29 is 27.6 Å². The van der Waals surface area contributed by atoms with Crippen molar-refractivity contribution in [3.8, 4) is 0 Å². The van der Waals surface area contributed by atoms with Crippen LogP contribution >= 0.6 is 22.9 Å². The number of amides is 5. The Morgan fingerprint density at radius 3 is 2.33 bits per heavy atom. The van der Waals surface area contributed by atoms with Crippen molar-refractivity contribution in [3.63, 3.8) is 0 Å². The number of fused-ring (bicyclic) bond motifs is 3. The second-order valence-electron chi connectivity index (χ2n) is 14.6. The zero-order valence-electron chi connectivity index (χ0n) is 29.0. The van der Waals surface area contributed by atoms with Crippen LogP contribution in [-0.4, -0.2) is 133 Å². The third kappa shape index (κ3) is 7.49. The molecular formula is C35H46ClF3N8O3S. The Labute approximate surface area is 305 Å². The number of halogens is 4. The average Bonchev–Trinajstić information content (AvgIpc) is 3.81. The van der Waals surface area contributed by atoms with Crippen LogP contribution in [0, 0.1) is 0 Å². The monoisotopic (exact) mass is 750 g/mol. The van der Waals surface area contributed by atoms with Gasteiger partial charge in [-0.1, -0.05) is 11.6 Å². The van der Waals surface area contributed by atoms with Gasteiger partial charge in [-0.3, -0.25) is 9.69 Å². The Kier molecular flexibility index (Phi) is 10.4. The Balaban J connectivity index is 1.03. The molecule has 0 radical (unpaired) electrons. The first kappa shape index (κ1) is 36.1. The summed E-state index contributed by atoms with van der Waals surface area (Å²) in [5.74, 6) is -0.310. The number of carbonyl (C=O) groups is 3. The molecule has 0 aliphatic carbocycles. The van der Waals surface area contributed by atoms with Crippen molar-refractivity contribution in [1.82, 2.24) is 29.8 Å². The van der Waals surface area contributed by atoms with Crippen molar-refractivity contribution in [2.75, 3.05) is 70.5 Å². The standard InChI is InChI=1S/C35H46ClF3N8O3S/c1-40-31-27(35(37,38)39)13-21(14-28(31)36)15-29(32(48)44-8-4-24(5-9-44)47-18-25-16-26(47)17-43(25)2)41-33(49)45-10-6-23(7-11-45)46-12-3-22-19-51-20-30(22)42-34(46)50/h13-14,19-20,23-26,29,40H,3-12,15-18H2,1-2H3,(H,41,49)(H,42,50)/t25?,26?,29-/m1/s1. The molecule has 2 unspecified atom stereocenters. The Morgan fingerprint density at radius 1 is 0.980 bits per heavy atom. The second kappa shape index (κ2) is 14.6. The summed E-state index contributed by atoms with van der Waals surface area (Å²) in [6, 6.07) is 2.22. The van der Waals surface area contributed by atoms with E-state index in [1.807, 2.05) is 10.3 Å². The van der Waals surface area contributed by atoms with E-state index in [1.165, 1.54) is 19.5 Å². The quantitative estimate of drug-likeness (QED) is 0.368. The maximum Gasteiger partial charge on any atom is 0.418 e. The minimum atomic E-state index is -4.67. The van der Waals surface area contributed by atoms with Crippen molar-refractivity contribution in [2.45, 2.75) is 81.3 Å². The first-order valence-electron chi connectivity index (χ1n) is 17.9. The number of rotatable bonds is 7. The zero-order valence-corrected chi connectivity index (χ0v) is 30.5. The van der Waals surface area contributed by atoms with Gasteiger partial charge in [0.2, 0.25) is 5.91 Å². The highest BCUT2D eigenvalue weighted by Gasteiger charge is 2.45. The highest BCUT2D eigenvalue weighted by Crippen LogP contribution is 2.40. The number of anilines is 2. The minimum Gasteiger partial charge on any atom is -0.386 e. The number of benzene rings is 1. The fourth-order valence-corrected chi connectivity index (χ4v) is 9.96. The number of thiophene rings is 1. The van der Waals surface area contributed by atoms with Gasteiger partial charge in [0.1, 0.15) is 6.04 Å². The molecule has 0 saturated carbocycles. The number of carbonyl (C=O) groups excluding carboxylic acids is 3. The molecule has 2 aromatic rings. The third-order valence-electron chi connectivity index (χ3n) is 11.6. The summed E-state index contributed by atoms with van der Waals surface area (Å²) in [5, 5.41) is 12.3. The Hall–Kier alpha value is -3.27. The van der Waals surface area contributed by atoms with Crippen LogP contribution in [0.25, 0.3) is 0 Å². The molecule has 51 heavy (non-hydrogen) atoms. The summed E-state index contributed by atoms with van der Waals surface area (Å²) in [7, 11) is 3.55. The molecule has 1 aromatic heterocycles. The molecule has 4 fully saturated rings. The lowest BCUT2D eigenvalue weighted by molar-refractivity contribution is -0.137. The number of piperidine rings is 2. The van der Waals surface area contributed by atoms with E-state index >= 15 is 0 Å². The summed E-state index contributed by atoms with van der Waals surface area (Å²) in [4.78, 5) is 51.2. The van der Waals surface area contributed by atoms with Crippen LogP contribution in [0.2, 0.25) is 5.02 Å². The predicted octanol–water partition coefficient (Wildman–Crippen LogP) is 5.02. The van der Waals surface area contributed by atoms with Gasteiger partial charge in [0.15, 0.2) is 0 Å². The van der Waals surface area contributed by atoms with Gasteiger partial charge < -0.3 is 35.6 Å². The highest BCUT2D eigenvalue weighted by atomic mass is 35.5. The molecule has 11 nitrogen and oxygen atoms in total. The first-order chi connectivity index (χ1) is 24.4.